The van der Waals surface area contributed by atoms with Gasteiger partial charge in [0.25, 0.3) is 0 Å². The minimum Gasteiger partial charge on any atom is -0.459 e. The van der Waals surface area contributed by atoms with Crippen molar-refractivity contribution in [3.63, 3.8) is 0 Å². The summed E-state index contributed by atoms with van der Waals surface area (Å²) in [6.07, 6.45) is -0.844. The summed E-state index contributed by atoms with van der Waals surface area (Å²) in [4.78, 5) is 26.3. The number of carbonyl (C=O) groups is 2. The molecule has 2 atom stereocenters. The summed E-state index contributed by atoms with van der Waals surface area (Å²) in [5.41, 5.74) is 2.21. The quantitative estimate of drug-likeness (QED) is 0.820. The molecule has 3 rings (SSSR count). The molecular weight excluding hydrogens is 349 g/mol. The van der Waals surface area contributed by atoms with E-state index in [1.54, 1.807) is 12.1 Å². The van der Waals surface area contributed by atoms with E-state index in [9.17, 15) is 19.1 Å². The molecule has 1 saturated heterocycles. The van der Waals surface area contributed by atoms with Gasteiger partial charge < -0.3 is 14.7 Å². The number of β-amino-alcohol motifs (C(OH)–C–C–N with tert-alkyl or cyclic N) is 1. The van der Waals surface area contributed by atoms with Gasteiger partial charge in [-0.25, -0.2) is 9.18 Å². The van der Waals surface area contributed by atoms with Crippen LogP contribution in [-0.4, -0.2) is 40.6 Å². The van der Waals surface area contributed by atoms with E-state index < -0.39 is 29.8 Å². The van der Waals surface area contributed by atoms with Gasteiger partial charge in [-0.2, -0.15) is 0 Å². The first-order valence-electron chi connectivity index (χ1n) is 8.87. The van der Waals surface area contributed by atoms with Crippen LogP contribution >= 0.6 is 0 Å². The summed E-state index contributed by atoms with van der Waals surface area (Å²) in [7, 11) is 0. The second kappa shape index (κ2) is 8.31. The maximum absolute atomic E-state index is 13.8. The highest BCUT2D eigenvalue weighted by Gasteiger charge is 2.39. The molecule has 0 radical (unpaired) electrons. The van der Waals surface area contributed by atoms with Gasteiger partial charge in [-0.3, -0.25) is 4.79 Å². The largest absolute Gasteiger partial charge is 0.459 e. The fourth-order valence-corrected chi connectivity index (χ4v) is 3.15. The molecule has 2 aromatic carbocycles. The van der Waals surface area contributed by atoms with E-state index in [1.165, 1.54) is 17.0 Å². The molecule has 1 fully saturated rings. The lowest BCUT2D eigenvalue weighted by Crippen LogP contribution is -2.42. The summed E-state index contributed by atoms with van der Waals surface area (Å²) >= 11 is 0. The number of rotatable bonds is 5. The van der Waals surface area contributed by atoms with E-state index in [1.807, 2.05) is 31.2 Å². The monoisotopic (exact) mass is 371 g/mol. The number of likely N-dealkylation sites (tertiary alicyclic amines) is 1. The van der Waals surface area contributed by atoms with Crippen molar-refractivity contribution in [1.29, 1.82) is 0 Å². The zero-order valence-electron chi connectivity index (χ0n) is 15.1. The molecule has 0 aromatic heterocycles. The zero-order chi connectivity index (χ0) is 19.4. The molecule has 0 unspecified atom stereocenters. The van der Waals surface area contributed by atoms with Gasteiger partial charge in [0.1, 0.15) is 18.5 Å². The number of hydrogen-bond acceptors (Lipinski definition) is 4. The molecule has 1 amide bonds. The highest BCUT2D eigenvalue weighted by Crippen LogP contribution is 2.22. The van der Waals surface area contributed by atoms with Gasteiger partial charge in [0.05, 0.1) is 12.5 Å². The van der Waals surface area contributed by atoms with Crippen molar-refractivity contribution in [2.45, 2.75) is 38.5 Å². The normalized spacial score (nSPS) is 19.1. The third-order valence-corrected chi connectivity index (χ3v) is 4.67. The van der Waals surface area contributed by atoms with Crippen molar-refractivity contribution < 1.29 is 23.8 Å². The van der Waals surface area contributed by atoms with Crippen LogP contribution in [0.15, 0.2) is 48.5 Å². The number of halogens is 1. The average Bonchev–Trinajstić information content (AvgIpc) is 3.05. The highest BCUT2D eigenvalue weighted by atomic mass is 19.1. The van der Waals surface area contributed by atoms with E-state index >= 15 is 0 Å². The second-order valence-electron chi connectivity index (χ2n) is 6.81. The van der Waals surface area contributed by atoms with Crippen molar-refractivity contribution in [2.24, 2.45) is 0 Å². The predicted octanol–water partition coefficient (Wildman–Crippen LogP) is 2.38. The molecule has 1 N–H and O–H groups in total. The Labute approximate surface area is 157 Å². The van der Waals surface area contributed by atoms with Crippen LogP contribution in [0.25, 0.3) is 0 Å². The first-order valence-corrected chi connectivity index (χ1v) is 8.87. The van der Waals surface area contributed by atoms with E-state index in [4.69, 9.17) is 4.74 Å². The molecule has 0 bridgehead atoms. The topological polar surface area (TPSA) is 66.8 Å². The Morgan fingerprint density at radius 3 is 2.59 bits per heavy atom. The predicted molar refractivity (Wildman–Crippen MR) is 97.2 cm³/mol. The maximum Gasteiger partial charge on any atom is 0.329 e. The molecule has 1 aliphatic heterocycles. The summed E-state index contributed by atoms with van der Waals surface area (Å²) in [6, 6.07) is 12.7. The van der Waals surface area contributed by atoms with E-state index in [-0.39, 0.29) is 31.6 Å². The minimum absolute atomic E-state index is 0.0393. The van der Waals surface area contributed by atoms with Gasteiger partial charge in [0.2, 0.25) is 5.91 Å². The Bertz CT molecular complexity index is 821. The third-order valence-electron chi connectivity index (χ3n) is 4.67. The van der Waals surface area contributed by atoms with E-state index in [2.05, 4.69) is 0 Å². The van der Waals surface area contributed by atoms with Crippen molar-refractivity contribution in [3.05, 3.63) is 71.0 Å². The lowest BCUT2D eigenvalue weighted by molar-refractivity contribution is -0.154. The van der Waals surface area contributed by atoms with Crippen LogP contribution in [0.3, 0.4) is 0 Å². The molecule has 0 aliphatic carbocycles. The molecule has 5 nitrogen and oxygen atoms in total. The van der Waals surface area contributed by atoms with Gasteiger partial charge in [-0.15, -0.1) is 0 Å². The molecule has 0 saturated carbocycles. The molecule has 0 spiro atoms. The molecule has 6 heteroatoms. The van der Waals surface area contributed by atoms with Crippen molar-refractivity contribution >= 4 is 11.9 Å². The number of amides is 1. The maximum atomic E-state index is 13.8. The Balaban J connectivity index is 1.64. The number of carbonyl (C=O) groups excluding carboxylic acids is 2. The first kappa shape index (κ1) is 19.0. The van der Waals surface area contributed by atoms with Gasteiger partial charge in [-0.05, 0) is 24.1 Å². The smallest absolute Gasteiger partial charge is 0.329 e. The molecule has 142 valence electrons. The van der Waals surface area contributed by atoms with Gasteiger partial charge in [-0.1, -0.05) is 48.0 Å². The van der Waals surface area contributed by atoms with Crippen molar-refractivity contribution in [3.8, 4) is 0 Å². The summed E-state index contributed by atoms with van der Waals surface area (Å²) in [5.74, 6) is -1.44. The average molecular weight is 371 g/mol. The molecular formula is C21H22FNO4. The van der Waals surface area contributed by atoms with Crippen LogP contribution in [0, 0.1) is 12.7 Å². The molecule has 1 aliphatic rings. The number of aryl methyl sites for hydroxylation is 1. The van der Waals surface area contributed by atoms with Crippen LogP contribution in [-0.2, 0) is 27.4 Å². The number of nitrogens with zero attached hydrogens (tertiary/aromatic N) is 1. The number of benzene rings is 2. The van der Waals surface area contributed by atoms with Gasteiger partial charge in [0, 0.05) is 13.0 Å². The van der Waals surface area contributed by atoms with Crippen LogP contribution < -0.4 is 0 Å². The summed E-state index contributed by atoms with van der Waals surface area (Å²) in [6.45, 7) is 2.10. The number of aliphatic hydroxyl groups is 1. The minimum atomic E-state index is -0.857. The van der Waals surface area contributed by atoms with Crippen LogP contribution in [0.2, 0.25) is 0 Å². The fourth-order valence-electron chi connectivity index (χ4n) is 3.15. The SMILES string of the molecule is Cc1ccc(COC(=O)[C@H]2C[C@@H](O)CN2C(=O)Cc2ccccc2F)cc1. The molecule has 2 aromatic rings. The lowest BCUT2D eigenvalue weighted by Gasteiger charge is -2.23. The number of ether oxygens (including phenoxy) is 1. The standard InChI is InChI=1S/C21H22FNO4/c1-14-6-8-15(9-7-14)13-27-21(26)19-11-17(24)12-23(19)20(25)10-16-4-2-3-5-18(16)22/h2-9,17,19,24H,10-13H2,1H3/t17-,19-/m1/s1. The number of hydrogen-bond donors (Lipinski definition) is 1. The Hall–Kier alpha value is -2.73. The first-order chi connectivity index (χ1) is 12.9. The van der Waals surface area contributed by atoms with Crippen LogP contribution in [0.5, 0.6) is 0 Å². The van der Waals surface area contributed by atoms with Crippen LogP contribution in [0.4, 0.5) is 4.39 Å². The number of esters is 1. The Morgan fingerprint density at radius 2 is 1.89 bits per heavy atom. The van der Waals surface area contributed by atoms with Gasteiger partial charge >= 0.3 is 5.97 Å². The Morgan fingerprint density at radius 1 is 1.19 bits per heavy atom. The lowest BCUT2D eigenvalue weighted by atomic mass is 10.1. The second-order valence-corrected chi connectivity index (χ2v) is 6.81. The van der Waals surface area contributed by atoms with E-state index in [0.29, 0.717) is 0 Å². The highest BCUT2D eigenvalue weighted by molar-refractivity contribution is 5.86. The van der Waals surface area contributed by atoms with Crippen molar-refractivity contribution in [1.82, 2.24) is 4.90 Å². The van der Waals surface area contributed by atoms with E-state index in [0.717, 1.165) is 11.1 Å². The molecule has 27 heavy (non-hydrogen) atoms. The van der Waals surface area contributed by atoms with Gasteiger partial charge in [0.15, 0.2) is 0 Å². The summed E-state index contributed by atoms with van der Waals surface area (Å²) < 4.78 is 19.1. The number of aliphatic hydroxyl groups excluding tert-OH is 1. The fraction of sp³-hybridized carbons (Fsp3) is 0.333. The zero-order valence-corrected chi connectivity index (χ0v) is 15.1. The third kappa shape index (κ3) is 4.71. The van der Waals surface area contributed by atoms with Crippen LogP contribution in [0.1, 0.15) is 23.1 Å². The van der Waals surface area contributed by atoms with Crippen molar-refractivity contribution in [2.75, 3.05) is 6.54 Å². The Kier molecular flexibility index (Phi) is 5.86. The molecule has 1 heterocycles. The summed E-state index contributed by atoms with van der Waals surface area (Å²) in [5, 5.41) is 9.93.